The number of ether oxygens (including phenoxy) is 1. The Balaban J connectivity index is 1.81. The highest BCUT2D eigenvalue weighted by Crippen LogP contribution is 2.24. The molecule has 3 N–H and O–H groups in total. The van der Waals surface area contributed by atoms with Crippen molar-refractivity contribution in [3.05, 3.63) is 53.6 Å². The number of amides is 2. The maximum Gasteiger partial charge on any atom is 0.243 e. The van der Waals surface area contributed by atoms with Gasteiger partial charge in [0.2, 0.25) is 11.8 Å². The van der Waals surface area contributed by atoms with E-state index in [9.17, 15) is 9.59 Å². The van der Waals surface area contributed by atoms with Crippen molar-refractivity contribution < 1.29 is 14.3 Å². The Morgan fingerprint density at radius 1 is 0.960 bits per heavy atom. The van der Waals surface area contributed by atoms with Crippen LogP contribution in [0.2, 0.25) is 0 Å². The first-order chi connectivity index (χ1) is 12.0. The van der Waals surface area contributed by atoms with Gasteiger partial charge in [-0.25, -0.2) is 0 Å². The molecule has 0 saturated carbocycles. The summed E-state index contributed by atoms with van der Waals surface area (Å²) in [5.41, 5.74) is 3.54. The van der Waals surface area contributed by atoms with Crippen LogP contribution in [0.3, 0.4) is 0 Å². The van der Waals surface area contributed by atoms with Gasteiger partial charge in [0.1, 0.15) is 5.75 Å². The lowest BCUT2D eigenvalue weighted by Crippen LogP contribution is -2.36. The van der Waals surface area contributed by atoms with Gasteiger partial charge in [-0.3, -0.25) is 9.59 Å². The van der Waals surface area contributed by atoms with Crippen LogP contribution in [0.5, 0.6) is 5.75 Å². The Morgan fingerprint density at radius 3 is 2.44 bits per heavy atom. The van der Waals surface area contributed by atoms with Crippen molar-refractivity contribution in [2.75, 3.05) is 30.8 Å². The molecule has 0 atom stereocenters. The summed E-state index contributed by atoms with van der Waals surface area (Å²) in [7, 11) is 1.54. The highest BCUT2D eigenvalue weighted by molar-refractivity contribution is 5.96. The first kappa shape index (κ1) is 18.3. The standard InChI is InChI=1S/C19H23N3O3/c1-13-8-9-17(25-3)16(10-13)22-19(24)12-21-18(23)11-20-15-7-5-4-6-14(15)2/h4-10,20H,11-12H2,1-3H3,(H,21,23)(H,22,24). The molecular formula is C19H23N3O3. The van der Waals surface area contributed by atoms with Crippen LogP contribution in [0, 0.1) is 13.8 Å². The Morgan fingerprint density at radius 2 is 1.72 bits per heavy atom. The molecule has 0 heterocycles. The average molecular weight is 341 g/mol. The van der Waals surface area contributed by atoms with E-state index in [0.29, 0.717) is 11.4 Å². The van der Waals surface area contributed by atoms with E-state index in [1.807, 2.05) is 50.2 Å². The Bertz CT molecular complexity index is 759. The van der Waals surface area contributed by atoms with Crippen LogP contribution in [0.4, 0.5) is 11.4 Å². The molecular weight excluding hydrogens is 318 g/mol. The SMILES string of the molecule is COc1ccc(C)cc1NC(=O)CNC(=O)CNc1ccccc1C. The number of carbonyl (C=O) groups excluding carboxylic acids is 2. The van der Waals surface area contributed by atoms with Gasteiger partial charge in [-0.1, -0.05) is 24.3 Å². The normalized spacial score (nSPS) is 10.0. The fourth-order valence-corrected chi connectivity index (χ4v) is 2.30. The molecule has 0 radical (unpaired) electrons. The molecule has 2 aromatic rings. The third-order valence-corrected chi connectivity index (χ3v) is 3.66. The number of hydrogen-bond acceptors (Lipinski definition) is 4. The molecule has 0 spiro atoms. The van der Waals surface area contributed by atoms with Crippen LogP contribution in [-0.4, -0.2) is 32.0 Å². The Hall–Kier alpha value is -3.02. The molecule has 132 valence electrons. The summed E-state index contributed by atoms with van der Waals surface area (Å²) in [4.78, 5) is 23.9. The molecule has 2 rings (SSSR count). The van der Waals surface area contributed by atoms with Crippen molar-refractivity contribution in [1.29, 1.82) is 0 Å². The van der Waals surface area contributed by atoms with E-state index in [4.69, 9.17) is 4.74 Å². The number of methoxy groups -OCH3 is 1. The smallest absolute Gasteiger partial charge is 0.243 e. The third-order valence-electron chi connectivity index (χ3n) is 3.66. The van der Waals surface area contributed by atoms with Gasteiger partial charge in [0.25, 0.3) is 0 Å². The van der Waals surface area contributed by atoms with Crippen LogP contribution >= 0.6 is 0 Å². The van der Waals surface area contributed by atoms with Crippen molar-refractivity contribution >= 4 is 23.2 Å². The first-order valence-electron chi connectivity index (χ1n) is 8.00. The number of anilines is 2. The van der Waals surface area contributed by atoms with E-state index < -0.39 is 0 Å². The molecule has 2 amide bonds. The quantitative estimate of drug-likeness (QED) is 0.723. The molecule has 0 fully saturated rings. The van der Waals surface area contributed by atoms with Gasteiger partial charge in [0.15, 0.2) is 0 Å². The Labute approximate surface area is 147 Å². The molecule has 0 saturated heterocycles. The number of para-hydroxylation sites is 1. The minimum Gasteiger partial charge on any atom is -0.495 e. The van der Waals surface area contributed by atoms with E-state index in [-0.39, 0.29) is 24.9 Å². The van der Waals surface area contributed by atoms with Gasteiger partial charge < -0.3 is 20.7 Å². The molecule has 6 nitrogen and oxygen atoms in total. The fourth-order valence-electron chi connectivity index (χ4n) is 2.30. The van der Waals surface area contributed by atoms with Crippen molar-refractivity contribution in [2.45, 2.75) is 13.8 Å². The zero-order valence-corrected chi connectivity index (χ0v) is 14.7. The fraction of sp³-hybridized carbons (Fsp3) is 0.263. The predicted octanol–water partition coefficient (Wildman–Crippen LogP) is 2.48. The lowest BCUT2D eigenvalue weighted by atomic mass is 10.2. The minimum atomic E-state index is -0.312. The molecule has 0 unspecified atom stereocenters. The molecule has 0 aromatic heterocycles. The van der Waals surface area contributed by atoms with E-state index in [1.165, 1.54) is 0 Å². The monoisotopic (exact) mass is 341 g/mol. The van der Waals surface area contributed by atoms with Gasteiger partial charge in [-0.2, -0.15) is 0 Å². The topological polar surface area (TPSA) is 79.5 Å². The molecule has 0 aliphatic heterocycles. The summed E-state index contributed by atoms with van der Waals surface area (Å²) in [5, 5.41) is 8.38. The highest BCUT2D eigenvalue weighted by Gasteiger charge is 2.09. The number of carbonyl (C=O) groups is 2. The molecule has 6 heteroatoms. The molecule has 0 aliphatic carbocycles. The van der Waals surface area contributed by atoms with Crippen LogP contribution in [0.15, 0.2) is 42.5 Å². The largest absolute Gasteiger partial charge is 0.495 e. The maximum absolute atomic E-state index is 12.0. The number of benzene rings is 2. The van der Waals surface area contributed by atoms with E-state index in [0.717, 1.165) is 16.8 Å². The second-order valence-electron chi connectivity index (χ2n) is 5.70. The second-order valence-corrected chi connectivity index (χ2v) is 5.70. The molecule has 2 aromatic carbocycles. The maximum atomic E-state index is 12.0. The third kappa shape index (κ3) is 5.53. The van der Waals surface area contributed by atoms with Crippen molar-refractivity contribution in [1.82, 2.24) is 5.32 Å². The summed E-state index contributed by atoms with van der Waals surface area (Å²) in [5.74, 6) is 0.00856. The van der Waals surface area contributed by atoms with Gasteiger partial charge >= 0.3 is 0 Å². The first-order valence-corrected chi connectivity index (χ1v) is 8.00. The molecule has 0 bridgehead atoms. The summed E-state index contributed by atoms with van der Waals surface area (Å²) in [6.07, 6.45) is 0. The molecule has 0 aliphatic rings. The second kappa shape index (κ2) is 8.73. The zero-order valence-electron chi connectivity index (χ0n) is 14.7. The minimum absolute atomic E-state index is 0.103. The Kier molecular flexibility index (Phi) is 6.39. The summed E-state index contributed by atoms with van der Waals surface area (Å²) in [6, 6.07) is 13.2. The summed E-state index contributed by atoms with van der Waals surface area (Å²) < 4.78 is 5.21. The molecule has 25 heavy (non-hydrogen) atoms. The van der Waals surface area contributed by atoms with E-state index in [2.05, 4.69) is 16.0 Å². The van der Waals surface area contributed by atoms with Crippen LogP contribution in [0.25, 0.3) is 0 Å². The van der Waals surface area contributed by atoms with Crippen LogP contribution < -0.4 is 20.7 Å². The van der Waals surface area contributed by atoms with E-state index >= 15 is 0 Å². The average Bonchev–Trinajstić information content (AvgIpc) is 2.59. The summed E-state index contributed by atoms with van der Waals surface area (Å²) >= 11 is 0. The van der Waals surface area contributed by atoms with Crippen molar-refractivity contribution in [2.24, 2.45) is 0 Å². The number of rotatable bonds is 7. The summed E-state index contributed by atoms with van der Waals surface area (Å²) in [6.45, 7) is 3.88. The number of nitrogens with one attached hydrogen (secondary N) is 3. The highest BCUT2D eigenvalue weighted by atomic mass is 16.5. The predicted molar refractivity (Wildman–Crippen MR) is 99.0 cm³/mol. The lowest BCUT2D eigenvalue weighted by molar-refractivity contribution is -0.122. The number of hydrogen-bond donors (Lipinski definition) is 3. The lowest BCUT2D eigenvalue weighted by Gasteiger charge is -2.12. The number of aryl methyl sites for hydroxylation is 2. The van der Waals surface area contributed by atoms with Gasteiger partial charge in [-0.15, -0.1) is 0 Å². The van der Waals surface area contributed by atoms with Crippen LogP contribution in [0.1, 0.15) is 11.1 Å². The van der Waals surface area contributed by atoms with Gasteiger partial charge in [0.05, 0.1) is 25.9 Å². The van der Waals surface area contributed by atoms with Crippen molar-refractivity contribution in [3.8, 4) is 5.75 Å². The van der Waals surface area contributed by atoms with Crippen LogP contribution in [-0.2, 0) is 9.59 Å². The van der Waals surface area contributed by atoms with Gasteiger partial charge in [0, 0.05) is 5.69 Å². The van der Waals surface area contributed by atoms with E-state index in [1.54, 1.807) is 13.2 Å². The zero-order chi connectivity index (χ0) is 18.2. The van der Waals surface area contributed by atoms with Gasteiger partial charge in [-0.05, 0) is 43.2 Å². The van der Waals surface area contributed by atoms with Crippen molar-refractivity contribution in [3.63, 3.8) is 0 Å².